The first-order chi connectivity index (χ1) is 21.2. The lowest BCUT2D eigenvalue weighted by molar-refractivity contribution is -0.380. The highest BCUT2D eigenvalue weighted by molar-refractivity contribution is 4.97. The van der Waals surface area contributed by atoms with Gasteiger partial charge in [0.2, 0.25) is 0 Å². The van der Waals surface area contributed by atoms with E-state index in [0.29, 0.717) is 0 Å². The molecule has 4 aliphatic heterocycles. The third kappa shape index (κ3) is 7.59. The van der Waals surface area contributed by atoms with Gasteiger partial charge in [0.25, 0.3) is 0 Å². The molecular formula is C24H43NO20. The van der Waals surface area contributed by atoms with Gasteiger partial charge in [0.15, 0.2) is 25.2 Å². The molecule has 0 aromatic carbocycles. The summed E-state index contributed by atoms with van der Waals surface area (Å²) in [6.45, 7) is -3.00. The maximum atomic E-state index is 11.0. The first-order valence-electron chi connectivity index (χ1n) is 14.2. The molecule has 5 unspecified atom stereocenters. The number of ether oxygens (including phenoxy) is 7. The van der Waals surface area contributed by atoms with E-state index in [1.54, 1.807) is 0 Å². The van der Waals surface area contributed by atoms with Crippen LogP contribution in [0.25, 0.3) is 0 Å². The van der Waals surface area contributed by atoms with E-state index in [4.69, 9.17) is 38.9 Å². The van der Waals surface area contributed by atoms with Gasteiger partial charge >= 0.3 is 0 Å². The predicted molar refractivity (Wildman–Crippen MR) is 136 cm³/mol. The highest BCUT2D eigenvalue weighted by atomic mass is 16.8. The van der Waals surface area contributed by atoms with Gasteiger partial charge < -0.3 is 105 Å². The van der Waals surface area contributed by atoms with Crippen molar-refractivity contribution in [3.8, 4) is 0 Å². The van der Waals surface area contributed by atoms with Gasteiger partial charge in [-0.3, -0.25) is 0 Å². The Morgan fingerprint density at radius 2 is 0.956 bits per heavy atom. The van der Waals surface area contributed by atoms with Gasteiger partial charge in [0.05, 0.1) is 32.5 Å². The van der Waals surface area contributed by atoms with Gasteiger partial charge in [0.1, 0.15) is 91.6 Å². The standard InChI is InChI=1S/C24H43NO20/c25-9-13(32)10(29)5(1-26)41-22(9)39-4-8-11(30)14(33)17(36)23(43-8)45-20-12(31)6(2-27)42-24(18(20)37)44-19-7(3-28)40-21(38)16(35)15(19)34/h5-24,26-38H,1-4,25H2/t5-,6-,7-,8?,9-,10+,11-,12+,13-,14+,15-,16-,17+,18-,19?,20+,21?,22?,23+,24?/m1/s1. The lowest BCUT2D eigenvalue weighted by Gasteiger charge is -2.48. The van der Waals surface area contributed by atoms with E-state index in [-0.39, 0.29) is 0 Å². The monoisotopic (exact) mass is 665 g/mol. The molecule has 4 aliphatic rings. The Labute approximate surface area is 255 Å². The summed E-state index contributed by atoms with van der Waals surface area (Å²) in [5.74, 6) is 0. The molecule has 0 saturated carbocycles. The highest BCUT2D eigenvalue weighted by Gasteiger charge is 2.54. The van der Waals surface area contributed by atoms with Crippen LogP contribution in [0.5, 0.6) is 0 Å². The fourth-order valence-electron chi connectivity index (χ4n) is 5.48. The second kappa shape index (κ2) is 15.6. The zero-order valence-electron chi connectivity index (χ0n) is 23.6. The van der Waals surface area contributed by atoms with Gasteiger partial charge in [-0.25, -0.2) is 0 Å². The maximum absolute atomic E-state index is 11.0. The zero-order valence-corrected chi connectivity index (χ0v) is 23.6. The van der Waals surface area contributed by atoms with Crippen LogP contribution in [0, 0.1) is 0 Å². The van der Waals surface area contributed by atoms with Crippen LogP contribution < -0.4 is 5.73 Å². The number of nitrogens with two attached hydrogens (primary N) is 1. The van der Waals surface area contributed by atoms with Crippen LogP contribution in [-0.2, 0) is 33.2 Å². The van der Waals surface area contributed by atoms with E-state index in [1.165, 1.54) is 0 Å². The molecule has 4 heterocycles. The molecule has 45 heavy (non-hydrogen) atoms. The van der Waals surface area contributed by atoms with Crippen molar-refractivity contribution in [2.45, 2.75) is 123 Å². The summed E-state index contributed by atoms with van der Waals surface area (Å²) in [7, 11) is 0. The van der Waals surface area contributed by atoms with Crippen LogP contribution in [0.2, 0.25) is 0 Å². The molecule has 15 N–H and O–H groups in total. The quantitative estimate of drug-likeness (QED) is 0.103. The SMILES string of the molecule is N[C@H]1C(OCC2O[C@@H](O[C@H]3[C@@H](O)[C@@H](CO)OC(OC4[C@@H](CO)OC(O)[C@H](O)[C@H]4O)[C@@H]3O)[C@@H](O)[C@@H](O)[C@@H]2O)O[C@H](CO)[C@H](O)[C@@H]1O. The third-order valence-corrected chi connectivity index (χ3v) is 8.27. The molecule has 0 bridgehead atoms. The smallest absolute Gasteiger partial charge is 0.187 e. The molecule has 0 aliphatic carbocycles. The normalized spacial score (nSPS) is 52.9. The molecule has 4 rings (SSSR count). The molecule has 0 aromatic heterocycles. The molecular weight excluding hydrogens is 622 g/mol. The summed E-state index contributed by atoms with van der Waals surface area (Å²) in [4.78, 5) is 0. The largest absolute Gasteiger partial charge is 0.394 e. The van der Waals surface area contributed by atoms with Crippen molar-refractivity contribution in [3.63, 3.8) is 0 Å². The average molecular weight is 666 g/mol. The van der Waals surface area contributed by atoms with Gasteiger partial charge in [-0.2, -0.15) is 0 Å². The molecule has 264 valence electrons. The summed E-state index contributed by atoms with van der Waals surface area (Å²) in [6, 6.07) is -1.31. The van der Waals surface area contributed by atoms with Gasteiger partial charge in [-0.15, -0.1) is 0 Å². The van der Waals surface area contributed by atoms with Crippen molar-refractivity contribution in [3.05, 3.63) is 0 Å². The average Bonchev–Trinajstić information content (AvgIpc) is 3.03. The summed E-state index contributed by atoms with van der Waals surface area (Å²) >= 11 is 0. The highest BCUT2D eigenvalue weighted by Crippen LogP contribution is 2.32. The number of aliphatic hydroxyl groups is 13. The Kier molecular flexibility index (Phi) is 12.8. The molecule has 4 saturated heterocycles. The van der Waals surface area contributed by atoms with E-state index in [1.807, 2.05) is 0 Å². The van der Waals surface area contributed by atoms with Crippen molar-refractivity contribution in [1.82, 2.24) is 0 Å². The predicted octanol–water partition coefficient (Wildman–Crippen LogP) is -9.78. The molecule has 0 aromatic rings. The van der Waals surface area contributed by atoms with Crippen LogP contribution in [0.15, 0.2) is 0 Å². The minimum atomic E-state index is -2.00. The second-order valence-electron chi connectivity index (χ2n) is 11.3. The van der Waals surface area contributed by atoms with Crippen molar-refractivity contribution in [2.75, 3.05) is 26.4 Å². The molecule has 21 heteroatoms. The number of hydrogen-bond donors (Lipinski definition) is 14. The lowest BCUT2D eigenvalue weighted by atomic mass is 9.96. The van der Waals surface area contributed by atoms with Crippen LogP contribution in [0.3, 0.4) is 0 Å². The fourth-order valence-corrected chi connectivity index (χ4v) is 5.48. The minimum Gasteiger partial charge on any atom is -0.394 e. The van der Waals surface area contributed by atoms with Crippen molar-refractivity contribution >= 4 is 0 Å². The lowest BCUT2D eigenvalue weighted by Crippen LogP contribution is -2.67. The third-order valence-electron chi connectivity index (χ3n) is 8.27. The Bertz CT molecular complexity index is 920. The van der Waals surface area contributed by atoms with Gasteiger partial charge in [-0.1, -0.05) is 0 Å². The van der Waals surface area contributed by atoms with E-state index < -0.39 is 149 Å². The summed E-state index contributed by atoms with van der Waals surface area (Å²) in [6.07, 6.45) is -32.6. The van der Waals surface area contributed by atoms with Crippen molar-refractivity contribution in [1.29, 1.82) is 0 Å². The van der Waals surface area contributed by atoms with Crippen LogP contribution in [0.4, 0.5) is 0 Å². The number of hydrogen-bond acceptors (Lipinski definition) is 21. The molecule has 0 radical (unpaired) electrons. The first kappa shape index (κ1) is 37.0. The number of rotatable bonds is 10. The van der Waals surface area contributed by atoms with Crippen molar-refractivity contribution < 1.29 is 99.5 Å². The summed E-state index contributed by atoms with van der Waals surface area (Å²) in [5, 5.41) is 132. The van der Waals surface area contributed by atoms with Crippen LogP contribution in [0.1, 0.15) is 0 Å². The first-order valence-corrected chi connectivity index (χ1v) is 14.2. The number of aliphatic hydroxyl groups excluding tert-OH is 13. The van der Waals surface area contributed by atoms with E-state index in [0.717, 1.165) is 0 Å². The van der Waals surface area contributed by atoms with E-state index in [2.05, 4.69) is 0 Å². The van der Waals surface area contributed by atoms with Gasteiger partial charge in [0, 0.05) is 0 Å². The topological polar surface area (TPSA) is 354 Å². The Morgan fingerprint density at radius 3 is 1.58 bits per heavy atom. The molecule has 21 nitrogen and oxygen atoms in total. The minimum absolute atomic E-state index is 0.621. The second-order valence-corrected chi connectivity index (χ2v) is 11.3. The van der Waals surface area contributed by atoms with E-state index in [9.17, 15) is 66.4 Å². The Hall–Kier alpha value is -0.840. The Balaban J connectivity index is 1.46. The van der Waals surface area contributed by atoms with Crippen LogP contribution in [-0.4, -0.2) is 216 Å². The molecule has 0 amide bonds. The van der Waals surface area contributed by atoms with E-state index >= 15 is 0 Å². The van der Waals surface area contributed by atoms with Crippen LogP contribution >= 0.6 is 0 Å². The fraction of sp³-hybridized carbons (Fsp3) is 1.00. The summed E-state index contributed by atoms with van der Waals surface area (Å²) in [5.41, 5.74) is 5.84. The van der Waals surface area contributed by atoms with Crippen molar-refractivity contribution in [2.24, 2.45) is 5.73 Å². The molecule has 4 fully saturated rings. The zero-order chi connectivity index (χ0) is 33.3. The molecule has 0 spiro atoms. The maximum Gasteiger partial charge on any atom is 0.187 e. The summed E-state index contributed by atoms with van der Waals surface area (Å²) < 4.78 is 37.9. The molecule has 20 atom stereocenters. The Morgan fingerprint density at radius 1 is 0.444 bits per heavy atom. The van der Waals surface area contributed by atoms with Gasteiger partial charge in [-0.05, 0) is 0 Å².